The molecule has 168 valence electrons. The highest BCUT2D eigenvalue weighted by Crippen LogP contribution is 2.27. The third-order valence-electron chi connectivity index (χ3n) is 5.03. The van der Waals surface area contributed by atoms with E-state index in [1.54, 1.807) is 24.1 Å². The Morgan fingerprint density at radius 2 is 1.84 bits per heavy atom. The number of thiophene rings is 1. The third-order valence-corrected chi connectivity index (χ3v) is 8.63. The Morgan fingerprint density at radius 3 is 2.45 bits per heavy atom. The molecule has 1 aliphatic heterocycles. The van der Waals surface area contributed by atoms with E-state index in [1.807, 2.05) is 6.07 Å². The van der Waals surface area contributed by atoms with E-state index in [0.717, 1.165) is 16.9 Å². The molecule has 0 saturated carbocycles. The number of rotatable bonds is 7. The lowest BCUT2D eigenvalue weighted by Crippen LogP contribution is -2.50. The van der Waals surface area contributed by atoms with Gasteiger partial charge in [0.1, 0.15) is 9.96 Å². The molecule has 0 unspecified atom stereocenters. The van der Waals surface area contributed by atoms with Gasteiger partial charge in [0.05, 0.1) is 24.8 Å². The highest BCUT2D eigenvalue weighted by Gasteiger charge is 2.31. The molecule has 31 heavy (non-hydrogen) atoms. The SMILES string of the molecule is COC(=O)c1csc(S(=O)(=O)N2CCN(C(=O)CCc3ccc(OC)c(Cl)c3)CC2)c1. The van der Waals surface area contributed by atoms with Crippen molar-refractivity contribution in [2.75, 3.05) is 40.4 Å². The van der Waals surface area contributed by atoms with Crippen LogP contribution in [0.25, 0.3) is 0 Å². The van der Waals surface area contributed by atoms with E-state index in [9.17, 15) is 18.0 Å². The lowest BCUT2D eigenvalue weighted by Gasteiger charge is -2.33. The zero-order valence-corrected chi connectivity index (χ0v) is 19.6. The van der Waals surface area contributed by atoms with E-state index in [2.05, 4.69) is 4.74 Å². The molecule has 1 aromatic carbocycles. The van der Waals surface area contributed by atoms with Crippen LogP contribution in [0.15, 0.2) is 33.9 Å². The normalized spacial score (nSPS) is 15.0. The van der Waals surface area contributed by atoms with Crippen LogP contribution in [-0.2, 0) is 26.0 Å². The van der Waals surface area contributed by atoms with Crippen molar-refractivity contribution in [2.24, 2.45) is 0 Å². The minimum absolute atomic E-state index is 0.0342. The second-order valence-electron chi connectivity index (χ2n) is 6.90. The van der Waals surface area contributed by atoms with Crippen LogP contribution >= 0.6 is 22.9 Å². The fraction of sp³-hybridized carbons (Fsp3) is 0.400. The molecule has 3 rings (SSSR count). The summed E-state index contributed by atoms with van der Waals surface area (Å²) in [5, 5.41) is 1.96. The number of aryl methyl sites for hydroxylation is 1. The van der Waals surface area contributed by atoms with Gasteiger partial charge in [0.2, 0.25) is 5.91 Å². The maximum atomic E-state index is 12.8. The van der Waals surface area contributed by atoms with Crippen molar-refractivity contribution in [3.63, 3.8) is 0 Å². The molecule has 0 N–H and O–H groups in total. The van der Waals surface area contributed by atoms with Crippen LogP contribution in [0.3, 0.4) is 0 Å². The van der Waals surface area contributed by atoms with E-state index >= 15 is 0 Å². The highest BCUT2D eigenvalue weighted by atomic mass is 35.5. The third kappa shape index (κ3) is 5.38. The Balaban J connectivity index is 1.54. The number of hydrogen-bond donors (Lipinski definition) is 0. The number of halogens is 1. The zero-order chi connectivity index (χ0) is 22.6. The van der Waals surface area contributed by atoms with Crippen LogP contribution in [0.5, 0.6) is 5.75 Å². The van der Waals surface area contributed by atoms with Crippen molar-refractivity contribution < 1.29 is 27.5 Å². The number of methoxy groups -OCH3 is 2. The molecule has 1 fully saturated rings. The van der Waals surface area contributed by atoms with Crippen LogP contribution in [0, 0.1) is 0 Å². The Morgan fingerprint density at radius 1 is 1.13 bits per heavy atom. The quantitative estimate of drug-likeness (QED) is 0.558. The number of esters is 1. The van der Waals surface area contributed by atoms with Gasteiger partial charge in [-0.15, -0.1) is 11.3 Å². The van der Waals surface area contributed by atoms with E-state index in [-0.39, 0.29) is 28.8 Å². The minimum atomic E-state index is -3.72. The topological polar surface area (TPSA) is 93.2 Å². The van der Waals surface area contributed by atoms with Crippen LogP contribution in [0.2, 0.25) is 5.02 Å². The molecule has 1 aliphatic rings. The molecule has 1 amide bonds. The first-order valence-corrected chi connectivity index (χ1v) is 12.2. The van der Waals surface area contributed by atoms with Crippen LogP contribution in [-0.4, -0.2) is 69.9 Å². The molecule has 0 atom stereocenters. The Hall–Kier alpha value is -2.14. The number of carbonyl (C=O) groups excluding carboxylic acids is 2. The molecule has 0 spiro atoms. The largest absolute Gasteiger partial charge is 0.495 e. The van der Waals surface area contributed by atoms with Gasteiger partial charge in [-0.3, -0.25) is 4.79 Å². The van der Waals surface area contributed by atoms with Crippen LogP contribution in [0.1, 0.15) is 22.3 Å². The van der Waals surface area contributed by atoms with Gasteiger partial charge in [0.25, 0.3) is 10.0 Å². The van der Waals surface area contributed by atoms with E-state index in [0.29, 0.717) is 36.7 Å². The number of ether oxygens (including phenoxy) is 2. The Kier molecular flexibility index (Phi) is 7.58. The number of piperazine rings is 1. The smallest absolute Gasteiger partial charge is 0.338 e. The molecular weight excluding hydrogens is 464 g/mol. The lowest BCUT2D eigenvalue weighted by atomic mass is 10.1. The van der Waals surface area contributed by atoms with Gasteiger partial charge in [-0.25, -0.2) is 13.2 Å². The molecule has 8 nitrogen and oxygen atoms in total. The fourth-order valence-electron chi connectivity index (χ4n) is 3.26. The molecule has 11 heteroatoms. The Bertz CT molecular complexity index is 1060. The summed E-state index contributed by atoms with van der Waals surface area (Å²) in [6.07, 6.45) is 0.843. The predicted octanol–water partition coefficient (Wildman–Crippen LogP) is 2.66. The number of sulfonamides is 1. The van der Waals surface area contributed by atoms with Gasteiger partial charge < -0.3 is 14.4 Å². The lowest BCUT2D eigenvalue weighted by molar-refractivity contribution is -0.132. The number of amides is 1. The van der Waals surface area contributed by atoms with Gasteiger partial charge >= 0.3 is 5.97 Å². The standard InChI is InChI=1S/C20H23ClN2O6S2/c1-28-17-5-3-14(11-16(17)21)4-6-18(24)22-7-9-23(10-8-22)31(26,27)19-12-15(13-30-19)20(25)29-2/h3,5,11-13H,4,6-10H2,1-2H3. The van der Waals surface area contributed by atoms with Crippen molar-refractivity contribution in [1.29, 1.82) is 0 Å². The molecular formula is C20H23ClN2O6S2. The van der Waals surface area contributed by atoms with Crippen molar-refractivity contribution in [1.82, 2.24) is 9.21 Å². The molecule has 0 bridgehead atoms. The summed E-state index contributed by atoms with van der Waals surface area (Å²) in [5.74, 6) is -0.0297. The summed E-state index contributed by atoms with van der Waals surface area (Å²) in [7, 11) is -0.933. The number of nitrogens with zero attached hydrogens (tertiary/aromatic N) is 2. The van der Waals surface area contributed by atoms with Gasteiger partial charge in [-0.05, 0) is 30.2 Å². The average molecular weight is 487 g/mol. The molecule has 1 saturated heterocycles. The summed E-state index contributed by atoms with van der Waals surface area (Å²) in [5.41, 5.74) is 1.14. The maximum Gasteiger partial charge on any atom is 0.338 e. The summed E-state index contributed by atoms with van der Waals surface area (Å²) in [6.45, 7) is 1.04. The summed E-state index contributed by atoms with van der Waals surface area (Å²) in [6, 6.07) is 6.74. The van der Waals surface area contributed by atoms with E-state index in [1.165, 1.54) is 22.9 Å². The number of benzene rings is 1. The van der Waals surface area contributed by atoms with Crippen molar-refractivity contribution in [3.8, 4) is 5.75 Å². The van der Waals surface area contributed by atoms with Crippen molar-refractivity contribution >= 4 is 44.8 Å². The second kappa shape index (κ2) is 9.99. The summed E-state index contributed by atoms with van der Waals surface area (Å²) < 4.78 is 36.9. The van der Waals surface area contributed by atoms with Gasteiger partial charge in [-0.2, -0.15) is 4.31 Å². The predicted molar refractivity (Wildman–Crippen MR) is 117 cm³/mol. The van der Waals surface area contributed by atoms with Crippen LogP contribution in [0.4, 0.5) is 0 Å². The molecule has 0 radical (unpaired) electrons. The van der Waals surface area contributed by atoms with E-state index in [4.69, 9.17) is 16.3 Å². The second-order valence-corrected chi connectivity index (χ2v) is 10.4. The van der Waals surface area contributed by atoms with Gasteiger partial charge in [0, 0.05) is 38.0 Å². The summed E-state index contributed by atoms with van der Waals surface area (Å²) in [4.78, 5) is 25.8. The number of hydrogen-bond acceptors (Lipinski definition) is 7. The molecule has 2 aromatic rings. The first-order valence-electron chi connectivity index (χ1n) is 9.53. The first-order chi connectivity index (χ1) is 14.8. The average Bonchev–Trinajstić information content (AvgIpc) is 3.28. The van der Waals surface area contributed by atoms with Gasteiger partial charge in [0.15, 0.2) is 0 Å². The first kappa shape index (κ1) is 23.5. The number of carbonyl (C=O) groups is 2. The summed E-state index contributed by atoms with van der Waals surface area (Å²) >= 11 is 7.10. The molecule has 1 aromatic heterocycles. The van der Waals surface area contributed by atoms with Crippen LogP contribution < -0.4 is 4.74 Å². The molecule has 2 heterocycles. The van der Waals surface area contributed by atoms with Crippen molar-refractivity contribution in [3.05, 3.63) is 45.8 Å². The fourth-order valence-corrected chi connectivity index (χ4v) is 6.26. The monoisotopic (exact) mass is 486 g/mol. The highest BCUT2D eigenvalue weighted by molar-refractivity contribution is 7.91. The maximum absolute atomic E-state index is 12.8. The molecule has 0 aliphatic carbocycles. The zero-order valence-electron chi connectivity index (χ0n) is 17.2. The van der Waals surface area contributed by atoms with Crippen molar-refractivity contribution in [2.45, 2.75) is 17.1 Å². The minimum Gasteiger partial charge on any atom is -0.495 e. The van der Waals surface area contributed by atoms with Gasteiger partial charge in [-0.1, -0.05) is 17.7 Å². The van der Waals surface area contributed by atoms with E-state index < -0.39 is 16.0 Å². The Labute approximate surface area is 190 Å².